The number of hydrogen-bond acceptors (Lipinski definition) is 4. The zero-order valence-electron chi connectivity index (χ0n) is 14.1. The lowest BCUT2D eigenvalue weighted by Gasteiger charge is -2.13. The number of anilines is 1. The van der Waals surface area contributed by atoms with Gasteiger partial charge in [0.25, 0.3) is 0 Å². The van der Waals surface area contributed by atoms with Crippen LogP contribution in [0.5, 0.6) is 0 Å². The van der Waals surface area contributed by atoms with Gasteiger partial charge in [-0.2, -0.15) is 10.2 Å². The van der Waals surface area contributed by atoms with Crippen molar-refractivity contribution in [3.8, 4) is 0 Å². The third-order valence-electron chi connectivity index (χ3n) is 3.91. The molecule has 0 fully saturated rings. The van der Waals surface area contributed by atoms with E-state index in [-0.39, 0.29) is 5.69 Å². The molecule has 10 heteroatoms. The molecule has 0 aliphatic rings. The lowest BCUT2D eigenvalue weighted by molar-refractivity contribution is -0.119. The maximum atomic E-state index is 12.4. The molecule has 1 aromatic carbocycles. The zero-order chi connectivity index (χ0) is 19.6. The van der Waals surface area contributed by atoms with Gasteiger partial charge in [0, 0.05) is 34.1 Å². The second-order valence-electron chi connectivity index (χ2n) is 5.73. The van der Waals surface area contributed by atoms with Gasteiger partial charge in [-0.25, -0.2) is 9.48 Å². The van der Waals surface area contributed by atoms with Crippen molar-refractivity contribution < 1.29 is 14.7 Å². The molecule has 140 valence electrons. The van der Waals surface area contributed by atoms with Gasteiger partial charge < -0.3 is 10.4 Å². The van der Waals surface area contributed by atoms with Crippen LogP contribution in [0.3, 0.4) is 0 Å². The van der Waals surface area contributed by atoms with Crippen molar-refractivity contribution in [3.63, 3.8) is 0 Å². The molecule has 0 aliphatic carbocycles. The number of carbonyl (C=O) groups is 2. The number of carbonyl (C=O) groups excluding carboxylic acids is 1. The van der Waals surface area contributed by atoms with Gasteiger partial charge in [-0.05, 0) is 25.1 Å². The summed E-state index contributed by atoms with van der Waals surface area (Å²) >= 11 is 12.3. The first-order valence-electron chi connectivity index (χ1n) is 7.91. The van der Waals surface area contributed by atoms with Crippen LogP contribution in [-0.2, 0) is 11.3 Å². The molecule has 8 nitrogen and oxygen atoms in total. The number of carboxylic acid groups (broad SMARTS) is 1. The van der Waals surface area contributed by atoms with Gasteiger partial charge >= 0.3 is 5.97 Å². The monoisotopic (exact) mass is 407 g/mol. The molecular formula is C17H15Cl2N5O3. The molecule has 0 saturated heterocycles. The largest absolute Gasteiger partial charge is 0.477 e. The van der Waals surface area contributed by atoms with Crippen molar-refractivity contribution in [2.45, 2.75) is 19.5 Å². The van der Waals surface area contributed by atoms with Crippen LogP contribution in [-0.4, -0.2) is 36.5 Å². The van der Waals surface area contributed by atoms with Crippen molar-refractivity contribution in [2.24, 2.45) is 0 Å². The number of nitrogens with zero attached hydrogens (tertiary/aromatic N) is 4. The molecule has 2 N–H and O–H groups in total. The molecule has 0 radical (unpaired) electrons. The first-order valence-corrected chi connectivity index (χ1v) is 8.66. The Morgan fingerprint density at radius 3 is 2.59 bits per heavy atom. The predicted octanol–water partition coefficient (Wildman–Crippen LogP) is 3.33. The standard InChI is InChI=1S/C17H15Cl2N5O3/c1-10(24-14(17(26)27)5-7-20-24)16(25)21-15-6-8-23(22-15)9-11-12(18)3-2-4-13(11)19/h2-8,10H,9H2,1H3,(H,26,27)(H,21,22,25). The number of rotatable bonds is 6. The van der Waals surface area contributed by atoms with Gasteiger partial charge in [0.2, 0.25) is 5.91 Å². The van der Waals surface area contributed by atoms with Crippen molar-refractivity contribution in [3.05, 3.63) is 64.0 Å². The summed E-state index contributed by atoms with van der Waals surface area (Å²) in [6, 6.07) is 7.35. The highest BCUT2D eigenvalue weighted by Crippen LogP contribution is 2.25. The normalized spacial score (nSPS) is 12.0. The number of halogens is 2. The Labute approximate surface area is 164 Å². The number of aromatic nitrogens is 4. The van der Waals surface area contributed by atoms with Crippen LogP contribution in [0.4, 0.5) is 5.82 Å². The minimum absolute atomic E-state index is 0.0726. The summed E-state index contributed by atoms with van der Waals surface area (Å²) in [7, 11) is 0. The molecule has 3 rings (SSSR count). The van der Waals surface area contributed by atoms with Gasteiger partial charge in [0.15, 0.2) is 5.82 Å². The van der Waals surface area contributed by atoms with Crippen LogP contribution in [0.1, 0.15) is 29.0 Å². The quantitative estimate of drug-likeness (QED) is 0.652. The highest BCUT2D eigenvalue weighted by Gasteiger charge is 2.22. The highest BCUT2D eigenvalue weighted by atomic mass is 35.5. The van der Waals surface area contributed by atoms with E-state index in [9.17, 15) is 9.59 Å². The van der Waals surface area contributed by atoms with E-state index in [2.05, 4.69) is 15.5 Å². The number of aromatic carboxylic acids is 1. The second kappa shape index (κ2) is 7.81. The van der Waals surface area contributed by atoms with Crippen molar-refractivity contribution >= 4 is 40.9 Å². The SMILES string of the molecule is CC(C(=O)Nc1ccn(Cc2c(Cl)cccc2Cl)n1)n1nccc1C(=O)O. The van der Waals surface area contributed by atoms with E-state index in [0.29, 0.717) is 22.4 Å². The Hall–Kier alpha value is -2.84. The van der Waals surface area contributed by atoms with E-state index in [1.165, 1.54) is 12.3 Å². The fraction of sp³-hybridized carbons (Fsp3) is 0.176. The van der Waals surface area contributed by atoms with E-state index in [4.69, 9.17) is 28.3 Å². The van der Waals surface area contributed by atoms with Crippen LogP contribution < -0.4 is 5.32 Å². The summed E-state index contributed by atoms with van der Waals surface area (Å²) in [6.45, 7) is 1.89. The Bertz CT molecular complexity index is 978. The predicted molar refractivity (Wildman–Crippen MR) is 100 cm³/mol. The molecule has 1 atom stereocenters. The summed E-state index contributed by atoms with van der Waals surface area (Å²) in [5, 5.41) is 21.0. The fourth-order valence-corrected chi connectivity index (χ4v) is 3.01. The van der Waals surface area contributed by atoms with Crippen LogP contribution in [0, 0.1) is 0 Å². The van der Waals surface area contributed by atoms with Crippen LogP contribution in [0.25, 0.3) is 0 Å². The van der Waals surface area contributed by atoms with Crippen molar-refractivity contribution in [1.82, 2.24) is 19.6 Å². The van der Waals surface area contributed by atoms with Gasteiger partial charge in [0.05, 0.1) is 6.54 Å². The van der Waals surface area contributed by atoms with Crippen LogP contribution in [0.15, 0.2) is 42.7 Å². The molecule has 2 heterocycles. The third kappa shape index (κ3) is 4.12. The third-order valence-corrected chi connectivity index (χ3v) is 4.62. The first-order chi connectivity index (χ1) is 12.9. The van der Waals surface area contributed by atoms with Crippen molar-refractivity contribution in [1.29, 1.82) is 0 Å². The number of carboxylic acids is 1. The minimum Gasteiger partial charge on any atom is -0.477 e. The van der Waals surface area contributed by atoms with Gasteiger partial charge in [-0.15, -0.1) is 0 Å². The maximum Gasteiger partial charge on any atom is 0.354 e. The second-order valence-corrected chi connectivity index (χ2v) is 6.54. The van der Waals surface area contributed by atoms with Gasteiger partial charge in [-0.3, -0.25) is 9.48 Å². The first kappa shape index (κ1) is 18.9. The Morgan fingerprint density at radius 2 is 1.93 bits per heavy atom. The molecule has 2 aromatic heterocycles. The maximum absolute atomic E-state index is 12.4. The number of hydrogen-bond donors (Lipinski definition) is 2. The molecular weight excluding hydrogens is 393 g/mol. The minimum atomic E-state index is -1.16. The Balaban J connectivity index is 1.71. The lowest BCUT2D eigenvalue weighted by Crippen LogP contribution is -2.27. The van der Waals surface area contributed by atoms with Crippen LogP contribution >= 0.6 is 23.2 Å². The number of benzene rings is 1. The molecule has 27 heavy (non-hydrogen) atoms. The van der Waals surface area contributed by atoms with E-state index >= 15 is 0 Å². The van der Waals surface area contributed by atoms with Crippen molar-refractivity contribution in [2.75, 3.05) is 5.32 Å². The molecule has 1 unspecified atom stereocenters. The van der Waals surface area contributed by atoms with E-state index < -0.39 is 17.9 Å². The van der Waals surface area contributed by atoms with Gasteiger partial charge in [-0.1, -0.05) is 29.3 Å². The molecule has 3 aromatic rings. The summed E-state index contributed by atoms with van der Waals surface area (Å²) < 4.78 is 2.72. The Kier molecular flexibility index (Phi) is 5.48. The van der Waals surface area contributed by atoms with Gasteiger partial charge in [0.1, 0.15) is 11.7 Å². The fourth-order valence-electron chi connectivity index (χ4n) is 2.50. The molecule has 0 spiro atoms. The molecule has 0 aliphatic heterocycles. The summed E-state index contributed by atoms with van der Waals surface area (Å²) in [5.41, 5.74) is 0.648. The lowest BCUT2D eigenvalue weighted by atomic mass is 10.2. The average Bonchev–Trinajstić information content (AvgIpc) is 3.27. The summed E-state index contributed by atoms with van der Waals surface area (Å²) in [4.78, 5) is 23.6. The highest BCUT2D eigenvalue weighted by molar-refractivity contribution is 6.35. The van der Waals surface area contributed by atoms with E-state index in [0.717, 1.165) is 10.2 Å². The Morgan fingerprint density at radius 1 is 1.22 bits per heavy atom. The molecule has 0 saturated carbocycles. The summed E-state index contributed by atoms with van der Waals surface area (Å²) in [5.74, 6) is -1.28. The number of amides is 1. The van der Waals surface area contributed by atoms with E-state index in [1.807, 2.05) is 0 Å². The molecule has 1 amide bonds. The summed E-state index contributed by atoms with van der Waals surface area (Å²) in [6.07, 6.45) is 3.01. The topological polar surface area (TPSA) is 102 Å². The average molecular weight is 408 g/mol. The smallest absolute Gasteiger partial charge is 0.354 e. The molecule has 0 bridgehead atoms. The zero-order valence-corrected chi connectivity index (χ0v) is 15.6. The van der Waals surface area contributed by atoms with Crippen LogP contribution in [0.2, 0.25) is 10.0 Å². The number of nitrogens with one attached hydrogen (secondary N) is 1. The van der Waals surface area contributed by atoms with E-state index in [1.54, 1.807) is 42.1 Å².